The SMILES string of the molecule is CCCOCCOCCO.CCCOCCOCCOCC(=O)N1CCN(c2cccc3c2CCC3n2cccc(C(=O)Nc3ccc(Cl)cc3)c2=O)CC1.O=C(Nc1ccc(Cl)cc1)c1cccn(C2CCc3c2cccc3N2CCN(C(=O)CBr)CC2)c1=O. The van der Waals surface area contributed by atoms with Crippen LogP contribution >= 0.6 is 39.1 Å². The summed E-state index contributed by atoms with van der Waals surface area (Å²) in [6.07, 6.45) is 8.78. The number of nitrogens with zero attached hydrogens (tertiary/aromatic N) is 6. The molecule has 2 saturated heterocycles. The molecule has 488 valence electrons. The Hall–Kier alpha value is -6.92. The molecule has 0 spiro atoms. The standard InChI is InChI=1S/C34H41ClN4O6.C27H26BrClN4O3.C7H16O3/c1-2-19-43-20-21-44-22-23-45-24-32(40)38-17-15-37(16-18-38)30-7-3-5-27-28(30)12-13-31(27)39-14-4-6-29(34(39)42)33(41)36-26-10-8-25(35)9-11-26;28-17-25(34)32-15-13-31(14-16-32)23-5-1-3-20-21(23)10-11-24(20)33-12-2-4-22(27(33)36)26(35)30-19-8-6-18(29)7-9-19;1-2-4-9-6-7-10-5-3-8/h3-11,14,31H,2,12-13,15-24H2,1H3,(H,36,41);1-9,12,24H,10-11,13-17H2,(H,30,35);8H,2-7H2,1H3. The van der Waals surface area contributed by atoms with Crippen molar-refractivity contribution in [2.24, 2.45) is 0 Å². The molecule has 2 aliphatic carbocycles. The zero-order valence-corrected chi connectivity index (χ0v) is 54.9. The van der Waals surface area contributed by atoms with Crippen molar-refractivity contribution in [1.82, 2.24) is 18.9 Å². The number of aromatic nitrogens is 2. The zero-order valence-electron chi connectivity index (χ0n) is 51.8. The first kappa shape index (κ1) is 70.0. The molecule has 6 aromatic rings. The van der Waals surface area contributed by atoms with E-state index < -0.39 is 11.8 Å². The minimum absolute atomic E-state index is 0.0151. The van der Waals surface area contributed by atoms with E-state index in [0.29, 0.717) is 112 Å². The van der Waals surface area contributed by atoms with E-state index in [0.717, 1.165) is 81.6 Å². The number of ether oxygens (including phenoxy) is 5. The Bertz CT molecular complexity index is 3440. The minimum atomic E-state index is -0.456. The summed E-state index contributed by atoms with van der Waals surface area (Å²) in [6.45, 7) is 14.9. The topological polar surface area (TPSA) is 216 Å². The van der Waals surface area contributed by atoms with E-state index in [1.54, 1.807) is 94.3 Å². The van der Waals surface area contributed by atoms with Gasteiger partial charge in [0.2, 0.25) is 11.8 Å². The second-order valence-corrected chi connectivity index (χ2v) is 23.5. The molecule has 20 nitrogen and oxygen atoms in total. The molecule has 3 N–H and O–H groups in total. The van der Waals surface area contributed by atoms with Crippen LogP contribution in [0.3, 0.4) is 0 Å². The van der Waals surface area contributed by atoms with E-state index in [1.165, 1.54) is 16.8 Å². The predicted molar refractivity (Wildman–Crippen MR) is 359 cm³/mol. The third-order valence-electron chi connectivity index (χ3n) is 16.1. The van der Waals surface area contributed by atoms with E-state index in [4.69, 9.17) is 52.0 Å². The number of carbonyl (C=O) groups excluding carboxylic acids is 4. The number of amides is 4. The molecular formula is C68H83BrCl2N8O12. The number of halogens is 3. The van der Waals surface area contributed by atoms with E-state index in [2.05, 4.69) is 74.5 Å². The number of benzene rings is 4. The van der Waals surface area contributed by atoms with Crippen molar-refractivity contribution >= 4 is 85.5 Å². The van der Waals surface area contributed by atoms with Gasteiger partial charge in [-0.15, -0.1) is 0 Å². The summed E-state index contributed by atoms with van der Waals surface area (Å²) in [6, 6.07) is 32.3. The fourth-order valence-corrected chi connectivity index (χ4v) is 12.2. The van der Waals surface area contributed by atoms with Crippen LogP contribution in [0.25, 0.3) is 0 Å². The lowest BCUT2D eigenvalue weighted by Crippen LogP contribution is -2.50. The maximum atomic E-state index is 13.5. The van der Waals surface area contributed by atoms with Crippen LogP contribution in [-0.2, 0) is 46.1 Å². The quantitative estimate of drug-likeness (QED) is 0.0341. The first-order chi connectivity index (χ1) is 44.3. The monoisotopic (exact) mass is 1350 g/mol. The number of fused-ring (bicyclic) bond motifs is 2. The Morgan fingerprint density at radius 1 is 0.505 bits per heavy atom. The van der Waals surface area contributed by atoms with Gasteiger partial charge in [-0.1, -0.05) is 77.2 Å². The van der Waals surface area contributed by atoms with Crippen LogP contribution in [0.5, 0.6) is 0 Å². The number of carbonyl (C=O) groups is 4. The third kappa shape index (κ3) is 19.6. The first-order valence-corrected chi connectivity index (χ1v) is 33.1. The molecule has 4 aromatic carbocycles. The maximum Gasteiger partial charge on any atom is 0.263 e. The van der Waals surface area contributed by atoms with Crippen LogP contribution in [0.15, 0.2) is 131 Å². The largest absolute Gasteiger partial charge is 0.394 e. The highest BCUT2D eigenvalue weighted by atomic mass is 79.9. The summed E-state index contributed by atoms with van der Waals surface area (Å²) in [5.41, 5.74) is 7.68. The van der Waals surface area contributed by atoms with Gasteiger partial charge in [-0.25, -0.2) is 0 Å². The number of anilines is 4. The highest BCUT2D eigenvalue weighted by molar-refractivity contribution is 9.09. The molecule has 91 heavy (non-hydrogen) atoms. The lowest BCUT2D eigenvalue weighted by molar-refractivity contribution is -0.137. The molecule has 0 saturated carbocycles. The molecule has 4 aliphatic rings. The number of rotatable bonds is 26. The molecule has 2 aromatic heterocycles. The summed E-state index contributed by atoms with van der Waals surface area (Å²) in [7, 11) is 0. The van der Waals surface area contributed by atoms with E-state index >= 15 is 0 Å². The average Bonchev–Trinajstić information content (AvgIpc) is 1.70. The summed E-state index contributed by atoms with van der Waals surface area (Å²) in [5, 5.41) is 15.4. The van der Waals surface area contributed by atoms with Crippen LogP contribution < -0.4 is 31.6 Å². The van der Waals surface area contributed by atoms with Crippen molar-refractivity contribution in [3.63, 3.8) is 0 Å². The number of hydrogen-bond donors (Lipinski definition) is 3. The summed E-state index contributed by atoms with van der Waals surface area (Å²) < 4.78 is 29.8. The van der Waals surface area contributed by atoms with E-state index in [9.17, 15) is 28.8 Å². The number of hydrogen-bond acceptors (Lipinski definition) is 14. The Balaban J connectivity index is 0.000000207. The van der Waals surface area contributed by atoms with Gasteiger partial charge >= 0.3 is 0 Å². The van der Waals surface area contributed by atoms with Crippen LogP contribution in [0.2, 0.25) is 10.0 Å². The Kier molecular flexibility index (Phi) is 27.9. The van der Waals surface area contributed by atoms with E-state index in [-0.39, 0.29) is 59.4 Å². The summed E-state index contributed by atoms with van der Waals surface area (Å²) in [5.74, 6) is -0.798. The predicted octanol–water partition coefficient (Wildman–Crippen LogP) is 9.15. The minimum Gasteiger partial charge on any atom is -0.394 e. The molecule has 2 atom stereocenters. The average molecular weight is 1360 g/mol. The van der Waals surface area contributed by atoms with Crippen LogP contribution in [0.4, 0.5) is 22.7 Å². The Morgan fingerprint density at radius 3 is 1.31 bits per heavy atom. The summed E-state index contributed by atoms with van der Waals surface area (Å²) in [4.78, 5) is 85.9. The normalized spacial score (nSPS) is 15.8. The summed E-state index contributed by atoms with van der Waals surface area (Å²) >= 11 is 15.1. The highest BCUT2D eigenvalue weighted by Crippen LogP contribution is 2.41. The lowest BCUT2D eigenvalue weighted by Gasteiger charge is -2.37. The lowest BCUT2D eigenvalue weighted by atomic mass is 10.0. The molecule has 2 aliphatic heterocycles. The van der Waals surface area contributed by atoms with Crippen LogP contribution in [0, 0.1) is 0 Å². The Morgan fingerprint density at radius 2 is 0.901 bits per heavy atom. The van der Waals surface area contributed by atoms with Crippen molar-refractivity contribution in [1.29, 1.82) is 0 Å². The van der Waals surface area contributed by atoms with Crippen molar-refractivity contribution in [3.8, 4) is 0 Å². The van der Waals surface area contributed by atoms with Crippen molar-refractivity contribution in [2.75, 3.05) is 151 Å². The van der Waals surface area contributed by atoms with Gasteiger partial charge in [-0.3, -0.25) is 28.8 Å². The number of pyridine rings is 2. The molecule has 23 heteroatoms. The molecule has 4 amide bonds. The van der Waals surface area contributed by atoms with Gasteiger partial charge in [0, 0.05) is 111 Å². The van der Waals surface area contributed by atoms with Gasteiger partial charge < -0.3 is 68.2 Å². The molecule has 2 unspecified atom stereocenters. The molecule has 2 fully saturated rings. The fraction of sp³-hybridized carbons (Fsp3) is 0.441. The van der Waals surface area contributed by atoms with E-state index in [1.807, 2.05) is 21.9 Å². The first-order valence-electron chi connectivity index (χ1n) is 31.2. The van der Waals surface area contributed by atoms with Gasteiger partial charge in [0.15, 0.2) is 0 Å². The second kappa shape index (κ2) is 36.4. The number of aliphatic hydroxyl groups is 1. The van der Waals surface area contributed by atoms with Crippen molar-refractivity contribution < 1.29 is 48.0 Å². The Labute approximate surface area is 550 Å². The van der Waals surface area contributed by atoms with Crippen LogP contribution in [0.1, 0.15) is 94.6 Å². The molecule has 0 radical (unpaired) electrons. The van der Waals surface area contributed by atoms with Crippen LogP contribution in [-0.4, -0.2) is 178 Å². The van der Waals surface area contributed by atoms with Gasteiger partial charge in [0.25, 0.3) is 22.9 Å². The molecule has 0 bridgehead atoms. The van der Waals surface area contributed by atoms with Crippen molar-refractivity contribution in [3.05, 3.63) is 186 Å². The number of alkyl halides is 1. The number of nitrogens with one attached hydrogen (secondary N) is 2. The molecule has 10 rings (SSSR count). The fourth-order valence-electron chi connectivity index (χ4n) is 11.6. The molecule has 4 heterocycles. The van der Waals surface area contributed by atoms with Gasteiger partial charge in [0.05, 0.1) is 70.3 Å². The van der Waals surface area contributed by atoms with Gasteiger partial charge in [-0.2, -0.15) is 0 Å². The second-order valence-electron chi connectivity index (χ2n) is 22.1. The third-order valence-corrected chi connectivity index (χ3v) is 17.1. The number of piperazine rings is 2. The smallest absolute Gasteiger partial charge is 0.263 e. The maximum absolute atomic E-state index is 13.5. The highest BCUT2D eigenvalue weighted by Gasteiger charge is 2.33. The van der Waals surface area contributed by atoms with Gasteiger partial charge in [-0.05, 0) is 146 Å². The van der Waals surface area contributed by atoms with Crippen molar-refractivity contribution in [2.45, 2.75) is 64.5 Å². The zero-order chi connectivity index (χ0) is 64.5. The molecular weight excluding hydrogens is 1270 g/mol. The number of aliphatic hydroxyl groups excluding tert-OH is 1. The van der Waals surface area contributed by atoms with Gasteiger partial charge in [0.1, 0.15) is 17.7 Å².